The molecule has 0 amide bonds. The van der Waals surface area contributed by atoms with Gasteiger partial charge in [0.05, 0.1) is 0 Å². The van der Waals surface area contributed by atoms with E-state index in [0.29, 0.717) is 6.04 Å². The van der Waals surface area contributed by atoms with Gasteiger partial charge < -0.3 is 0 Å². The second-order valence-corrected chi connectivity index (χ2v) is 6.68. The van der Waals surface area contributed by atoms with Crippen molar-refractivity contribution in [3.05, 3.63) is 0 Å². The molecule has 0 saturated heterocycles. The molecule has 3 N–H and O–H groups in total. The number of rotatable bonds is 17. The van der Waals surface area contributed by atoms with E-state index in [-0.39, 0.29) is 0 Å². The Labute approximate surface area is 134 Å². The highest BCUT2D eigenvalue weighted by Gasteiger charge is 2.05. The fourth-order valence-corrected chi connectivity index (χ4v) is 3.01. The topological polar surface area (TPSA) is 38.0 Å². The summed E-state index contributed by atoms with van der Waals surface area (Å²) >= 11 is 0. The van der Waals surface area contributed by atoms with Gasteiger partial charge in [-0.05, 0) is 12.8 Å². The largest absolute Gasteiger partial charge is 0.271 e. The van der Waals surface area contributed by atoms with Crippen molar-refractivity contribution in [1.29, 1.82) is 0 Å². The molecule has 0 bridgehead atoms. The molecule has 0 unspecified atom stereocenters. The second kappa shape index (κ2) is 18.0. The van der Waals surface area contributed by atoms with Gasteiger partial charge in [0.2, 0.25) is 0 Å². The Morgan fingerprint density at radius 1 is 0.571 bits per heavy atom. The van der Waals surface area contributed by atoms with Crippen molar-refractivity contribution in [2.75, 3.05) is 0 Å². The maximum Gasteiger partial charge on any atom is 0.0210 e. The summed E-state index contributed by atoms with van der Waals surface area (Å²) in [5, 5.41) is 0. The van der Waals surface area contributed by atoms with Crippen LogP contribution in [-0.2, 0) is 0 Å². The normalized spacial score (nSPS) is 11.4. The lowest BCUT2D eigenvalue weighted by molar-refractivity contribution is 0.418. The number of hydrogen-bond donors (Lipinski definition) is 2. The van der Waals surface area contributed by atoms with Crippen LogP contribution in [0.3, 0.4) is 0 Å². The van der Waals surface area contributed by atoms with Crippen molar-refractivity contribution in [2.45, 2.75) is 123 Å². The van der Waals surface area contributed by atoms with Crippen molar-refractivity contribution in [3.63, 3.8) is 0 Å². The van der Waals surface area contributed by atoms with Crippen LogP contribution in [0.2, 0.25) is 0 Å². The average molecular weight is 299 g/mol. The van der Waals surface area contributed by atoms with Crippen LogP contribution in [0.1, 0.15) is 117 Å². The van der Waals surface area contributed by atoms with E-state index in [9.17, 15) is 0 Å². The molecule has 0 fully saturated rings. The fraction of sp³-hybridized carbons (Fsp3) is 1.00. The Morgan fingerprint density at radius 3 is 1.24 bits per heavy atom. The van der Waals surface area contributed by atoms with Gasteiger partial charge in [0.25, 0.3) is 0 Å². The van der Waals surface area contributed by atoms with E-state index >= 15 is 0 Å². The highest BCUT2D eigenvalue weighted by Crippen LogP contribution is 2.14. The van der Waals surface area contributed by atoms with Crippen LogP contribution >= 0.6 is 0 Å². The molecule has 2 heteroatoms. The van der Waals surface area contributed by atoms with Gasteiger partial charge in [0.15, 0.2) is 0 Å². The van der Waals surface area contributed by atoms with E-state index in [1.807, 2.05) is 0 Å². The van der Waals surface area contributed by atoms with Gasteiger partial charge in [-0.2, -0.15) is 0 Å². The molecule has 0 saturated carbocycles. The molecule has 0 aromatic heterocycles. The summed E-state index contributed by atoms with van der Waals surface area (Å²) in [5.74, 6) is 5.68. The van der Waals surface area contributed by atoms with E-state index in [4.69, 9.17) is 5.84 Å². The number of nitrogens with two attached hydrogens (primary N) is 1. The van der Waals surface area contributed by atoms with Crippen LogP contribution in [0.4, 0.5) is 0 Å². The molecule has 0 aromatic carbocycles. The zero-order valence-electron chi connectivity index (χ0n) is 15.0. The average Bonchev–Trinajstić information content (AvgIpc) is 2.51. The van der Waals surface area contributed by atoms with Crippen LogP contribution in [0, 0.1) is 0 Å². The Kier molecular flexibility index (Phi) is 17.9. The molecular formula is C19H42N2. The lowest BCUT2D eigenvalue weighted by Gasteiger charge is -2.15. The third kappa shape index (κ3) is 16.1. The molecule has 0 spiro atoms. The molecule has 0 atom stereocenters. The first kappa shape index (κ1) is 20.9. The monoisotopic (exact) mass is 298 g/mol. The lowest BCUT2D eigenvalue weighted by Crippen LogP contribution is -2.34. The molecule has 0 heterocycles. The van der Waals surface area contributed by atoms with E-state index in [1.54, 1.807) is 0 Å². The van der Waals surface area contributed by atoms with Gasteiger partial charge >= 0.3 is 0 Å². The summed E-state index contributed by atoms with van der Waals surface area (Å²) in [7, 11) is 0. The molecule has 128 valence electrons. The lowest BCUT2D eigenvalue weighted by atomic mass is 10.0. The summed E-state index contributed by atoms with van der Waals surface area (Å²) in [6.07, 6.45) is 22.0. The molecule has 0 aliphatic carbocycles. The summed E-state index contributed by atoms with van der Waals surface area (Å²) in [6.45, 7) is 4.56. The van der Waals surface area contributed by atoms with Crippen molar-refractivity contribution in [2.24, 2.45) is 5.84 Å². The maximum absolute atomic E-state index is 5.68. The minimum atomic E-state index is 0.552. The summed E-state index contributed by atoms with van der Waals surface area (Å²) in [6, 6.07) is 0.552. The van der Waals surface area contributed by atoms with Crippen LogP contribution < -0.4 is 11.3 Å². The smallest absolute Gasteiger partial charge is 0.0210 e. The molecule has 21 heavy (non-hydrogen) atoms. The highest BCUT2D eigenvalue weighted by molar-refractivity contribution is 4.64. The Morgan fingerprint density at radius 2 is 0.905 bits per heavy atom. The highest BCUT2D eigenvalue weighted by atomic mass is 15.2. The number of hydrazine groups is 1. The van der Waals surface area contributed by atoms with Gasteiger partial charge in [-0.1, -0.05) is 104 Å². The fourth-order valence-electron chi connectivity index (χ4n) is 3.01. The van der Waals surface area contributed by atoms with Crippen molar-refractivity contribution in [3.8, 4) is 0 Å². The molecular weight excluding hydrogens is 256 g/mol. The van der Waals surface area contributed by atoms with E-state index in [1.165, 1.54) is 103 Å². The Hall–Kier alpha value is -0.0800. The van der Waals surface area contributed by atoms with Crippen LogP contribution in [0.15, 0.2) is 0 Å². The number of nitrogens with one attached hydrogen (secondary N) is 1. The quantitative estimate of drug-likeness (QED) is 0.193. The molecule has 0 aliphatic rings. The van der Waals surface area contributed by atoms with Crippen molar-refractivity contribution in [1.82, 2.24) is 5.43 Å². The molecule has 2 nitrogen and oxygen atoms in total. The van der Waals surface area contributed by atoms with Gasteiger partial charge in [0.1, 0.15) is 0 Å². The third-order valence-corrected chi connectivity index (χ3v) is 4.55. The minimum absolute atomic E-state index is 0.552. The first-order valence-corrected chi connectivity index (χ1v) is 9.81. The minimum Gasteiger partial charge on any atom is -0.271 e. The van der Waals surface area contributed by atoms with E-state index in [2.05, 4.69) is 19.3 Å². The van der Waals surface area contributed by atoms with Crippen molar-refractivity contribution < 1.29 is 0 Å². The predicted molar refractivity (Wildman–Crippen MR) is 96.3 cm³/mol. The second-order valence-electron chi connectivity index (χ2n) is 6.68. The number of hydrogen-bond acceptors (Lipinski definition) is 2. The van der Waals surface area contributed by atoms with E-state index in [0.717, 1.165) is 0 Å². The summed E-state index contributed by atoms with van der Waals surface area (Å²) < 4.78 is 0. The Bertz CT molecular complexity index is 164. The molecule has 0 radical (unpaired) electrons. The van der Waals surface area contributed by atoms with Gasteiger partial charge in [-0.15, -0.1) is 0 Å². The molecule has 0 aliphatic heterocycles. The summed E-state index contributed by atoms with van der Waals surface area (Å²) in [4.78, 5) is 0. The first-order valence-electron chi connectivity index (χ1n) is 9.81. The zero-order valence-corrected chi connectivity index (χ0v) is 15.0. The molecule has 0 aromatic rings. The van der Waals surface area contributed by atoms with Gasteiger partial charge in [-0.25, -0.2) is 0 Å². The zero-order chi connectivity index (χ0) is 15.6. The van der Waals surface area contributed by atoms with Crippen LogP contribution in [0.5, 0.6) is 0 Å². The van der Waals surface area contributed by atoms with Crippen LogP contribution in [0.25, 0.3) is 0 Å². The van der Waals surface area contributed by atoms with Gasteiger partial charge in [0, 0.05) is 6.04 Å². The summed E-state index contributed by atoms with van der Waals surface area (Å²) in [5.41, 5.74) is 3.02. The molecule has 0 rings (SSSR count). The van der Waals surface area contributed by atoms with Crippen LogP contribution in [-0.4, -0.2) is 6.04 Å². The SMILES string of the molecule is CCCCCCCCCC(CCCCCCCCC)NN. The standard InChI is InChI=1S/C19H42N2/c1-3-5-7-9-11-13-15-17-19(21-20)18-16-14-12-10-8-6-4-2/h19,21H,3-18,20H2,1-2H3. The number of unbranched alkanes of at least 4 members (excludes halogenated alkanes) is 12. The first-order chi connectivity index (χ1) is 10.3. The third-order valence-electron chi connectivity index (χ3n) is 4.55. The predicted octanol–water partition coefficient (Wildman–Crippen LogP) is 6.10. The van der Waals surface area contributed by atoms with Crippen molar-refractivity contribution >= 4 is 0 Å². The maximum atomic E-state index is 5.68. The Balaban J connectivity index is 3.29. The van der Waals surface area contributed by atoms with E-state index < -0.39 is 0 Å². The van der Waals surface area contributed by atoms with Gasteiger partial charge in [-0.3, -0.25) is 11.3 Å².